The number of halogens is 1. The van der Waals surface area contributed by atoms with E-state index >= 15 is 0 Å². The van der Waals surface area contributed by atoms with Gasteiger partial charge < -0.3 is 10.5 Å². The maximum atomic E-state index is 6.12. The first kappa shape index (κ1) is 12.1. The molecule has 1 aromatic carbocycles. The number of hydrogen-bond acceptors (Lipinski definition) is 3. The van der Waals surface area contributed by atoms with Crippen LogP contribution in [0.2, 0.25) is 5.02 Å². The Bertz CT molecular complexity index is 333. The Morgan fingerprint density at radius 3 is 2.81 bits per heavy atom. The molecule has 0 bridgehead atoms. The predicted octanol–water partition coefficient (Wildman–Crippen LogP) is 3.44. The fourth-order valence-corrected chi connectivity index (χ4v) is 3.31. The summed E-state index contributed by atoms with van der Waals surface area (Å²) in [6.45, 7) is 1.78. The number of anilines is 1. The van der Waals surface area contributed by atoms with Gasteiger partial charge in [-0.25, -0.2) is 0 Å². The van der Waals surface area contributed by atoms with E-state index in [1.54, 1.807) is 11.8 Å². The second-order valence-electron chi connectivity index (χ2n) is 4.02. The molecule has 88 valence electrons. The molecule has 1 saturated heterocycles. The van der Waals surface area contributed by atoms with Crippen LogP contribution in [-0.4, -0.2) is 19.0 Å². The first-order valence-electron chi connectivity index (χ1n) is 5.52. The van der Waals surface area contributed by atoms with Gasteiger partial charge in [0.25, 0.3) is 0 Å². The van der Waals surface area contributed by atoms with Crippen LogP contribution >= 0.6 is 23.4 Å². The lowest BCUT2D eigenvalue weighted by Crippen LogP contribution is -2.17. The van der Waals surface area contributed by atoms with Crippen LogP contribution in [0.1, 0.15) is 12.8 Å². The van der Waals surface area contributed by atoms with Crippen LogP contribution in [0.15, 0.2) is 23.1 Å². The fraction of sp³-hybridized carbons (Fsp3) is 0.500. The van der Waals surface area contributed by atoms with Crippen LogP contribution in [0.5, 0.6) is 0 Å². The molecule has 0 aromatic heterocycles. The van der Waals surface area contributed by atoms with Gasteiger partial charge in [-0.2, -0.15) is 0 Å². The molecule has 1 heterocycles. The van der Waals surface area contributed by atoms with E-state index in [4.69, 9.17) is 22.1 Å². The minimum Gasteiger partial charge on any atom is -0.398 e. The quantitative estimate of drug-likeness (QED) is 0.666. The van der Waals surface area contributed by atoms with Crippen molar-refractivity contribution in [1.29, 1.82) is 0 Å². The first-order chi connectivity index (χ1) is 7.77. The summed E-state index contributed by atoms with van der Waals surface area (Å²) in [5.41, 5.74) is 6.69. The lowest BCUT2D eigenvalue weighted by Gasteiger charge is -2.21. The predicted molar refractivity (Wildman–Crippen MR) is 70.1 cm³/mol. The normalized spacial score (nSPS) is 17.6. The standard InChI is InChI=1S/C12H16ClNOS/c13-10-2-1-3-11(14)12(10)16-8-9-4-6-15-7-5-9/h1-3,9H,4-8,14H2. The minimum atomic E-state index is 0.731. The average Bonchev–Trinajstić information content (AvgIpc) is 2.30. The molecule has 0 aliphatic carbocycles. The zero-order valence-electron chi connectivity index (χ0n) is 9.12. The van der Waals surface area contributed by atoms with Crippen LogP contribution < -0.4 is 5.73 Å². The SMILES string of the molecule is Nc1cccc(Cl)c1SCC1CCOCC1. The second kappa shape index (κ2) is 5.80. The topological polar surface area (TPSA) is 35.2 Å². The first-order valence-corrected chi connectivity index (χ1v) is 6.88. The Labute approximate surface area is 105 Å². The molecule has 1 aliphatic heterocycles. The number of thioether (sulfide) groups is 1. The van der Waals surface area contributed by atoms with E-state index in [-0.39, 0.29) is 0 Å². The smallest absolute Gasteiger partial charge is 0.0562 e. The molecule has 0 radical (unpaired) electrons. The Hall–Kier alpha value is -0.380. The molecule has 2 rings (SSSR count). The Morgan fingerprint density at radius 1 is 1.38 bits per heavy atom. The van der Waals surface area contributed by atoms with E-state index in [9.17, 15) is 0 Å². The van der Waals surface area contributed by atoms with Gasteiger partial charge in [-0.1, -0.05) is 17.7 Å². The zero-order valence-corrected chi connectivity index (χ0v) is 10.7. The van der Waals surface area contributed by atoms with Crippen LogP contribution in [0.4, 0.5) is 5.69 Å². The molecular formula is C12H16ClNOS. The van der Waals surface area contributed by atoms with Gasteiger partial charge in [-0.15, -0.1) is 11.8 Å². The van der Waals surface area contributed by atoms with E-state index in [1.807, 2.05) is 18.2 Å². The summed E-state index contributed by atoms with van der Waals surface area (Å²) in [4.78, 5) is 1.02. The van der Waals surface area contributed by atoms with Crippen molar-refractivity contribution >= 4 is 29.1 Å². The van der Waals surface area contributed by atoms with Crippen LogP contribution in [0, 0.1) is 5.92 Å². The number of ether oxygens (including phenoxy) is 1. The van der Waals surface area contributed by atoms with Gasteiger partial charge in [0.15, 0.2) is 0 Å². The summed E-state index contributed by atoms with van der Waals surface area (Å²) in [6, 6.07) is 5.68. The molecule has 0 saturated carbocycles. The third-order valence-electron chi connectivity index (χ3n) is 2.80. The number of hydrogen-bond donors (Lipinski definition) is 1. The molecule has 0 atom stereocenters. The van der Waals surface area contributed by atoms with E-state index in [0.717, 1.165) is 53.3 Å². The maximum absolute atomic E-state index is 6.12. The van der Waals surface area contributed by atoms with E-state index in [0.29, 0.717) is 0 Å². The van der Waals surface area contributed by atoms with Crippen molar-refractivity contribution in [2.45, 2.75) is 17.7 Å². The molecule has 4 heteroatoms. The van der Waals surface area contributed by atoms with E-state index < -0.39 is 0 Å². The van der Waals surface area contributed by atoms with Gasteiger partial charge >= 0.3 is 0 Å². The molecule has 2 nitrogen and oxygen atoms in total. The molecule has 0 spiro atoms. The molecule has 1 fully saturated rings. The van der Waals surface area contributed by atoms with Gasteiger partial charge in [0.2, 0.25) is 0 Å². The monoisotopic (exact) mass is 257 g/mol. The van der Waals surface area contributed by atoms with Crippen molar-refractivity contribution in [3.8, 4) is 0 Å². The van der Waals surface area contributed by atoms with Crippen molar-refractivity contribution in [3.05, 3.63) is 23.2 Å². The van der Waals surface area contributed by atoms with Crippen molar-refractivity contribution in [2.75, 3.05) is 24.7 Å². The van der Waals surface area contributed by atoms with Crippen molar-refractivity contribution in [3.63, 3.8) is 0 Å². The van der Waals surface area contributed by atoms with Gasteiger partial charge in [-0.3, -0.25) is 0 Å². The van der Waals surface area contributed by atoms with Crippen molar-refractivity contribution in [2.24, 2.45) is 5.92 Å². The molecular weight excluding hydrogens is 242 g/mol. The molecule has 2 N–H and O–H groups in total. The third-order valence-corrected chi connectivity index (χ3v) is 4.61. The number of nitrogens with two attached hydrogens (primary N) is 1. The summed E-state index contributed by atoms with van der Waals surface area (Å²) in [5, 5.41) is 0.761. The molecule has 1 aliphatic rings. The zero-order chi connectivity index (χ0) is 11.4. The molecule has 16 heavy (non-hydrogen) atoms. The number of rotatable bonds is 3. The number of nitrogen functional groups attached to an aromatic ring is 1. The van der Waals surface area contributed by atoms with E-state index in [2.05, 4.69) is 0 Å². The third kappa shape index (κ3) is 3.06. The fourth-order valence-electron chi connectivity index (χ4n) is 1.79. The summed E-state index contributed by atoms with van der Waals surface area (Å²) in [7, 11) is 0. The van der Waals surface area contributed by atoms with Gasteiger partial charge in [-0.05, 0) is 30.9 Å². The summed E-state index contributed by atoms with van der Waals surface area (Å²) < 4.78 is 5.34. The lowest BCUT2D eigenvalue weighted by molar-refractivity contribution is 0.0728. The Kier molecular flexibility index (Phi) is 4.38. The van der Waals surface area contributed by atoms with Crippen LogP contribution in [-0.2, 0) is 4.74 Å². The average molecular weight is 258 g/mol. The Morgan fingerprint density at radius 2 is 2.12 bits per heavy atom. The van der Waals surface area contributed by atoms with Gasteiger partial charge in [0, 0.05) is 29.5 Å². The van der Waals surface area contributed by atoms with Crippen molar-refractivity contribution < 1.29 is 4.74 Å². The van der Waals surface area contributed by atoms with Crippen molar-refractivity contribution in [1.82, 2.24) is 0 Å². The van der Waals surface area contributed by atoms with Crippen LogP contribution in [0.3, 0.4) is 0 Å². The summed E-state index contributed by atoms with van der Waals surface area (Å²) in [5.74, 6) is 1.81. The van der Waals surface area contributed by atoms with E-state index in [1.165, 1.54) is 0 Å². The van der Waals surface area contributed by atoms with Gasteiger partial charge in [0.1, 0.15) is 0 Å². The van der Waals surface area contributed by atoms with Gasteiger partial charge in [0.05, 0.1) is 5.02 Å². The molecule has 0 unspecified atom stereocenters. The second-order valence-corrected chi connectivity index (χ2v) is 5.46. The number of benzene rings is 1. The minimum absolute atomic E-state index is 0.731. The summed E-state index contributed by atoms with van der Waals surface area (Å²) in [6.07, 6.45) is 2.30. The lowest BCUT2D eigenvalue weighted by atomic mass is 10.0. The largest absolute Gasteiger partial charge is 0.398 e. The highest BCUT2D eigenvalue weighted by Gasteiger charge is 2.15. The molecule has 0 amide bonds. The van der Waals surface area contributed by atoms with Crippen LogP contribution in [0.25, 0.3) is 0 Å². The maximum Gasteiger partial charge on any atom is 0.0562 e. The highest BCUT2D eigenvalue weighted by molar-refractivity contribution is 7.99. The molecule has 1 aromatic rings. The highest BCUT2D eigenvalue weighted by Crippen LogP contribution is 2.34. The highest BCUT2D eigenvalue weighted by atomic mass is 35.5. The summed E-state index contributed by atoms with van der Waals surface area (Å²) >= 11 is 7.89. The Balaban J connectivity index is 1.93.